The van der Waals surface area contributed by atoms with Crippen molar-refractivity contribution in [3.63, 3.8) is 0 Å². The van der Waals surface area contributed by atoms with E-state index in [-0.39, 0.29) is 6.29 Å². The average molecular weight is 380 g/mol. The van der Waals surface area contributed by atoms with Crippen LogP contribution in [0.2, 0.25) is 0 Å². The number of nitrogens with one attached hydrogen (secondary N) is 1. The van der Waals surface area contributed by atoms with Gasteiger partial charge in [-0.05, 0) is 18.2 Å². The van der Waals surface area contributed by atoms with Crippen LogP contribution in [0.3, 0.4) is 0 Å². The topological polar surface area (TPSA) is 61.8 Å². The summed E-state index contributed by atoms with van der Waals surface area (Å²) in [5.74, 6) is 1.50. The molecule has 0 spiro atoms. The number of hydrogen-bond donors (Lipinski definition) is 1. The largest absolute Gasteiger partial charge is 0.491 e. The molecule has 1 aromatic carbocycles. The zero-order valence-electron chi connectivity index (χ0n) is 15.6. The van der Waals surface area contributed by atoms with E-state index < -0.39 is 5.41 Å². The minimum atomic E-state index is -0.423. The lowest BCUT2D eigenvalue weighted by atomic mass is 9.91. The maximum Gasteiger partial charge on any atom is 0.183 e. The second kappa shape index (κ2) is 8.91. The fraction of sp³-hybridized carbons (Fsp3) is 0.318. The smallest absolute Gasteiger partial charge is 0.183 e. The summed E-state index contributed by atoms with van der Waals surface area (Å²) in [7, 11) is 0. The lowest BCUT2D eigenvalue weighted by Crippen LogP contribution is -2.46. The predicted octanol–water partition coefficient (Wildman–Crippen LogP) is 3.21. The molecule has 4 rings (SSSR count). The summed E-state index contributed by atoms with van der Waals surface area (Å²) in [6, 6.07) is 13.7. The lowest BCUT2D eigenvalue weighted by Gasteiger charge is -2.39. The SMILES string of the molecule is C1=CC(OCC2(COc3cccnc3)COC(c3ccccc3)OC2)=CNC1. The highest BCUT2D eigenvalue weighted by Gasteiger charge is 2.39. The Bertz CT molecular complexity index is 800. The summed E-state index contributed by atoms with van der Waals surface area (Å²) in [6.07, 6.45) is 8.90. The molecule has 2 aliphatic rings. The number of nitrogens with zero attached hydrogens (tertiary/aromatic N) is 1. The van der Waals surface area contributed by atoms with Crippen LogP contribution in [-0.2, 0) is 14.2 Å². The maximum absolute atomic E-state index is 6.06. The molecule has 2 aromatic rings. The van der Waals surface area contributed by atoms with E-state index in [2.05, 4.69) is 10.3 Å². The Kier molecular flexibility index (Phi) is 5.89. The molecule has 0 saturated carbocycles. The van der Waals surface area contributed by atoms with Gasteiger partial charge in [-0.2, -0.15) is 0 Å². The molecule has 28 heavy (non-hydrogen) atoms. The third-order valence-corrected chi connectivity index (χ3v) is 4.64. The first-order valence-corrected chi connectivity index (χ1v) is 9.37. The van der Waals surface area contributed by atoms with E-state index in [1.54, 1.807) is 12.4 Å². The minimum Gasteiger partial charge on any atom is -0.491 e. The van der Waals surface area contributed by atoms with Crippen LogP contribution in [0.5, 0.6) is 5.75 Å². The summed E-state index contributed by atoms with van der Waals surface area (Å²) in [5, 5.41) is 3.15. The van der Waals surface area contributed by atoms with E-state index in [4.69, 9.17) is 18.9 Å². The fourth-order valence-corrected chi connectivity index (χ4v) is 3.05. The van der Waals surface area contributed by atoms with Crippen LogP contribution >= 0.6 is 0 Å². The number of dihydropyridines is 1. The minimum absolute atomic E-state index is 0.372. The van der Waals surface area contributed by atoms with Gasteiger partial charge in [0.2, 0.25) is 0 Å². The summed E-state index contributed by atoms with van der Waals surface area (Å²) in [5.41, 5.74) is 0.583. The molecule has 146 valence electrons. The molecule has 0 atom stereocenters. The Hall–Kier alpha value is -2.83. The molecule has 2 aliphatic heterocycles. The lowest BCUT2D eigenvalue weighted by molar-refractivity contribution is -0.247. The first-order valence-electron chi connectivity index (χ1n) is 9.37. The molecule has 0 radical (unpaired) electrons. The van der Waals surface area contributed by atoms with Gasteiger partial charge in [-0.25, -0.2) is 0 Å². The molecule has 1 N–H and O–H groups in total. The van der Waals surface area contributed by atoms with Gasteiger partial charge in [0.05, 0.1) is 24.8 Å². The first kappa shape index (κ1) is 18.5. The summed E-state index contributed by atoms with van der Waals surface area (Å²) >= 11 is 0. The molecule has 1 saturated heterocycles. The van der Waals surface area contributed by atoms with Crippen molar-refractivity contribution in [1.29, 1.82) is 0 Å². The summed E-state index contributed by atoms with van der Waals surface area (Å²) in [6.45, 7) is 2.58. The molecule has 0 unspecified atom stereocenters. The van der Waals surface area contributed by atoms with Gasteiger partial charge >= 0.3 is 0 Å². The van der Waals surface area contributed by atoms with E-state index in [9.17, 15) is 0 Å². The van der Waals surface area contributed by atoms with Crippen molar-refractivity contribution < 1.29 is 18.9 Å². The van der Waals surface area contributed by atoms with Crippen molar-refractivity contribution in [3.05, 3.63) is 84.5 Å². The van der Waals surface area contributed by atoms with E-state index in [0.29, 0.717) is 32.2 Å². The van der Waals surface area contributed by atoms with Crippen LogP contribution in [0.15, 0.2) is 79.0 Å². The van der Waals surface area contributed by atoms with E-state index >= 15 is 0 Å². The highest BCUT2D eigenvalue weighted by molar-refractivity contribution is 5.18. The van der Waals surface area contributed by atoms with Crippen molar-refractivity contribution in [2.24, 2.45) is 5.41 Å². The van der Waals surface area contributed by atoms with Crippen molar-refractivity contribution in [1.82, 2.24) is 10.3 Å². The number of pyridine rings is 1. The molecular weight excluding hydrogens is 356 g/mol. The average Bonchev–Trinajstić information content (AvgIpc) is 2.79. The second-order valence-electron chi connectivity index (χ2n) is 6.99. The van der Waals surface area contributed by atoms with Gasteiger partial charge in [-0.15, -0.1) is 0 Å². The van der Waals surface area contributed by atoms with Crippen molar-refractivity contribution in [2.75, 3.05) is 33.0 Å². The number of allylic oxidation sites excluding steroid dienone is 1. The van der Waals surface area contributed by atoms with Crippen LogP contribution in [0.4, 0.5) is 0 Å². The standard InChI is InChI=1S/C22H24N2O4/c1-2-6-18(7-3-1)21-27-16-22(17-28-21,14-25-19-8-4-10-23-12-19)15-26-20-9-5-11-24-13-20/h1-10,12-13,21,24H,11,14-17H2. The third-order valence-electron chi connectivity index (χ3n) is 4.64. The Balaban J connectivity index is 1.42. The van der Waals surface area contributed by atoms with Gasteiger partial charge in [0.1, 0.15) is 24.7 Å². The molecular formula is C22H24N2O4. The molecule has 0 bridgehead atoms. The molecule has 0 aliphatic carbocycles. The number of hydrogen-bond acceptors (Lipinski definition) is 6. The Morgan fingerprint density at radius 3 is 2.57 bits per heavy atom. The van der Waals surface area contributed by atoms with Crippen LogP contribution in [-0.4, -0.2) is 38.0 Å². The predicted molar refractivity (Wildman–Crippen MR) is 104 cm³/mol. The van der Waals surface area contributed by atoms with E-state index in [1.807, 2.05) is 60.8 Å². The van der Waals surface area contributed by atoms with Crippen molar-refractivity contribution in [3.8, 4) is 5.75 Å². The normalized spacial score (nSPS) is 24.1. The van der Waals surface area contributed by atoms with Crippen LogP contribution in [0, 0.1) is 5.41 Å². The number of benzene rings is 1. The fourth-order valence-electron chi connectivity index (χ4n) is 3.05. The van der Waals surface area contributed by atoms with E-state index in [1.165, 1.54) is 0 Å². The van der Waals surface area contributed by atoms with Gasteiger partial charge in [0, 0.05) is 24.5 Å². The molecule has 6 heteroatoms. The zero-order valence-corrected chi connectivity index (χ0v) is 15.6. The number of rotatable bonds is 7. The van der Waals surface area contributed by atoms with Crippen LogP contribution in [0.25, 0.3) is 0 Å². The highest BCUT2D eigenvalue weighted by Crippen LogP contribution is 2.33. The monoisotopic (exact) mass is 380 g/mol. The van der Waals surface area contributed by atoms with Gasteiger partial charge in [-0.3, -0.25) is 4.98 Å². The summed E-state index contributed by atoms with van der Waals surface area (Å²) < 4.78 is 24.1. The van der Waals surface area contributed by atoms with Crippen molar-refractivity contribution >= 4 is 0 Å². The molecule has 6 nitrogen and oxygen atoms in total. The quantitative estimate of drug-likeness (QED) is 0.796. The number of aromatic nitrogens is 1. The van der Waals surface area contributed by atoms with Crippen LogP contribution in [0.1, 0.15) is 11.9 Å². The molecule has 1 aromatic heterocycles. The molecule has 3 heterocycles. The Morgan fingerprint density at radius 1 is 1.04 bits per heavy atom. The first-order chi connectivity index (χ1) is 13.8. The van der Waals surface area contributed by atoms with Gasteiger partial charge in [0.15, 0.2) is 6.29 Å². The Morgan fingerprint density at radius 2 is 1.86 bits per heavy atom. The van der Waals surface area contributed by atoms with Gasteiger partial charge < -0.3 is 24.3 Å². The van der Waals surface area contributed by atoms with Gasteiger partial charge in [0.25, 0.3) is 0 Å². The van der Waals surface area contributed by atoms with Gasteiger partial charge in [-0.1, -0.05) is 36.4 Å². The highest BCUT2D eigenvalue weighted by atomic mass is 16.7. The second-order valence-corrected chi connectivity index (χ2v) is 6.99. The third kappa shape index (κ3) is 4.71. The molecule has 1 fully saturated rings. The summed E-state index contributed by atoms with van der Waals surface area (Å²) in [4.78, 5) is 4.10. The van der Waals surface area contributed by atoms with E-state index in [0.717, 1.165) is 17.9 Å². The van der Waals surface area contributed by atoms with Crippen LogP contribution < -0.4 is 10.1 Å². The Labute approximate surface area is 164 Å². The molecule has 0 amide bonds. The zero-order chi connectivity index (χ0) is 19.1. The van der Waals surface area contributed by atoms with Crippen molar-refractivity contribution in [2.45, 2.75) is 6.29 Å². The number of ether oxygens (including phenoxy) is 4. The maximum atomic E-state index is 6.06.